The van der Waals surface area contributed by atoms with Crippen molar-refractivity contribution in [1.29, 1.82) is 0 Å². The molecule has 2 N–H and O–H groups in total. The summed E-state index contributed by atoms with van der Waals surface area (Å²) in [6.45, 7) is 4.83. The zero-order valence-corrected chi connectivity index (χ0v) is 13.9. The van der Waals surface area contributed by atoms with Crippen molar-refractivity contribution in [3.05, 3.63) is 16.3 Å². The summed E-state index contributed by atoms with van der Waals surface area (Å²) >= 11 is 1.46. The van der Waals surface area contributed by atoms with Crippen LogP contribution in [0.25, 0.3) is 0 Å². The van der Waals surface area contributed by atoms with E-state index in [1.54, 1.807) is 11.4 Å². The first-order valence-electron chi connectivity index (χ1n) is 6.97. The van der Waals surface area contributed by atoms with Gasteiger partial charge in [0.05, 0.1) is 4.90 Å². The summed E-state index contributed by atoms with van der Waals surface area (Å²) in [5, 5.41) is 6.61. The van der Waals surface area contributed by atoms with E-state index in [2.05, 4.69) is 24.0 Å². The number of hydrogen-bond donors (Lipinski definition) is 2. The van der Waals surface area contributed by atoms with Crippen LogP contribution < -0.4 is 10.1 Å². The second-order valence-corrected chi connectivity index (χ2v) is 8.07. The minimum Gasteiger partial charge on any atom is -0.315 e. The van der Waals surface area contributed by atoms with E-state index < -0.39 is 10.0 Å². The number of hydrogen-bond acceptors (Lipinski definition) is 5. The van der Waals surface area contributed by atoms with Crippen LogP contribution in [0.4, 0.5) is 0 Å². The third kappa shape index (κ3) is 3.59. The Hall–Kier alpha value is -0.470. The lowest BCUT2D eigenvalue weighted by Crippen LogP contribution is -2.53. The first-order valence-corrected chi connectivity index (χ1v) is 9.33. The van der Waals surface area contributed by atoms with Gasteiger partial charge < -0.3 is 5.32 Å². The molecule has 7 heteroatoms. The van der Waals surface area contributed by atoms with Gasteiger partial charge in [0.1, 0.15) is 0 Å². The standard InChI is InChI=1S/C13H23N3O2S2/c1-10-5-4-6-11(2)16(10)15-20(17,18)13-7-12(8-14-3)19-9-13/h7,9-11,14-15H,4-6,8H2,1-3H3. The molecule has 5 nitrogen and oxygen atoms in total. The molecule has 0 aromatic carbocycles. The third-order valence-corrected chi connectivity index (χ3v) is 6.10. The SMILES string of the molecule is CNCc1cc(S(=O)(=O)NN2C(C)CCCC2C)cs1. The monoisotopic (exact) mass is 317 g/mol. The molecule has 2 atom stereocenters. The van der Waals surface area contributed by atoms with Crippen molar-refractivity contribution >= 4 is 21.4 Å². The minimum absolute atomic E-state index is 0.240. The maximum absolute atomic E-state index is 12.4. The van der Waals surface area contributed by atoms with E-state index >= 15 is 0 Å². The summed E-state index contributed by atoms with van der Waals surface area (Å²) < 4.78 is 24.9. The summed E-state index contributed by atoms with van der Waals surface area (Å²) in [7, 11) is -1.61. The van der Waals surface area contributed by atoms with Crippen LogP contribution in [-0.4, -0.2) is 32.6 Å². The molecule has 0 saturated carbocycles. The van der Waals surface area contributed by atoms with Crippen molar-refractivity contribution in [2.24, 2.45) is 0 Å². The number of rotatable bonds is 5. The molecule has 2 rings (SSSR count). The maximum atomic E-state index is 12.4. The van der Waals surface area contributed by atoms with E-state index in [0.29, 0.717) is 11.4 Å². The first-order chi connectivity index (χ1) is 9.44. The molecule has 0 bridgehead atoms. The van der Waals surface area contributed by atoms with Gasteiger partial charge >= 0.3 is 0 Å². The predicted molar refractivity (Wildman–Crippen MR) is 82.0 cm³/mol. The average Bonchev–Trinajstić information content (AvgIpc) is 2.84. The van der Waals surface area contributed by atoms with Crippen molar-refractivity contribution in [3.63, 3.8) is 0 Å². The zero-order chi connectivity index (χ0) is 14.8. The zero-order valence-electron chi connectivity index (χ0n) is 12.2. The second-order valence-electron chi connectivity index (χ2n) is 5.41. The Balaban J connectivity index is 2.13. The fraction of sp³-hybridized carbons (Fsp3) is 0.692. The molecular formula is C13H23N3O2S2. The maximum Gasteiger partial charge on any atom is 0.254 e. The van der Waals surface area contributed by atoms with Gasteiger partial charge in [0.25, 0.3) is 10.0 Å². The van der Waals surface area contributed by atoms with Gasteiger partial charge in [0.2, 0.25) is 0 Å². The largest absolute Gasteiger partial charge is 0.315 e. The van der Waals surface area contributed by atoms with Gasteiger partial charge in [-0.3, -0.25) is 0 Å². The van der Waals surface area contributed by atoms with Crippen LogP contribution in [0.2, 0.25) is 0 Å². The molecule has 0 spiro atoms. The number of thiophene rings is 1. The summed E-state index contributed by atoms with van der Waals surface area (Å²) in [5.74, 6) is 0. The second kappa shape index (κ2) is 6.53. The van der Waals surface area contributed by atoms with Crippen molar-refractivity contribution in [2.75, 3.05) is 7.05 Å². The Morgan fingerprint density at radius 3 is 2.60 bits per heavy atom. The lowest BCUT2D eigenvalue weighted by atomic mass is 10.0. The molecule has 114 valence electrons. The molecule has 2 heterocycles. The number of nitrogens with one attached hydrogen (secondary N) is 2. The molecule has 2 unspecified atom stereocenters. The van der Waals surface area contributed by atoms with Crippen molar-refractivity contribution in [3.8, 4) is 0 Å². The number of nitrogens with zero attached hydrogens (tertiary/aromatic N) is 1. The van der Waals surface area contributed by atoms with Gasteiger partial charge in [-0.25, -0.2) is 13.4 Å². The molecule has 1 aromatic heterocycles. The quantitative estimate of drug-likeness (QED) is 0.871. The topological polar surface area (TPSA) is 61.4 Å². The van der Waals surface area contributed by atoms with E-state index in [1.807, 2.05) is 12.1 Å². The highest BCUT2D eigenvalue weighted by Crippen LogP contribution is 2.24. The number of sulfonamides is 1. The number of piperidine rings is 1. The Morgan fingerprint density at radius 1 is 1.35 bits per heavy atom. The van der Waals surface area contributed by atoms with Gasteiger partial charge in [-0.05, 0) is 39.8 Å². The highest BCUT2D eigenvalue weighted by Gasteiger charge is 2.29. The van der Waals surface area contributed by atoms with E-state index in [1.165, 1.54) is 11.3 Å². The van der Waals surface area contributed by atoms with Crippen molar-refractivity contribution < 1.29 is 8.42 Å². The average molecular weight is 317 g/mol. The van der Waals surface area contributed by atoms with Crippen LogP contribution in [0.1, 0.15) is 38.0 Å². The third-order valence-electron chi connectivity index (χ3n) is 3.71. The summed E-state index contributed by atoms with van der Waals surface area (Å²) in [6.07, 6.45) is 3.22. The molecular weight excluding hydrogens is 294 g/mol. The summed E-state index contributed by atoms with van der Waals surface area (Å²) in [6, 6.07) is 2.22. The molecule has 0 aliphatic carbocycles. The lowest BCUT2D eigenvalue weighted by molar-refractivity contribution is 0.0790. The van der Waals surface area contributed by atoms with Crippen LogP contribution in [0, 0.1) is 0 Å². The van der Waals surface area contributed by atoms with Crippen molar-refractivity contribution in [1.82, 2.24) is 15.2 Å². The highest BCUT2D eigenvalue weighted by molar-refractivity contribution is 7.89. The fourth-order valence-corrected chi connectivity index (χ4v) is 5.09. The number of hydrazine groups is 1. The van der Waals surface area contributed by atoms with E-state index in [0.717, 1.165) is 24.1 Å². The van der Waals surface area contributed by atoms with Crippen LogP contribution in [0.3, 0.4) is 0 Å². The molecule has 1 aliphatic rings. The summed E-state index contributed by atoms with van der Waals surface area (Å²) in [4.78, 5) is 4.14. The van der Waals surface area contributed by atoms with Crippen LogP contribution in [0.5, 0.6) is 0 Å². The molecule has 0 radical (unpaired) electrons. The van der Waals surface area contributed by atoms with E-state index in [-0.39, 0.29) is 12.1 Å². The van der Waals surface area contributed by atoms with Crippen molar-refractivity contribution in [2.45, 2.75) is 56.6 Å². The Bertz CT molecular complexity index is 532. The van der Waals surface area contributed by atoms with E-state index in [4.69, 9.17) is 0 Å². The fourth-order valence-electron chi connectivity index (χ4n) is 2.56. The van der Waals surface area contributed by atoms with Crippen LogP contribution in [0.15, 0.2) is 16.3 Å². The Morgan fingerprint density at radius 2 is 2.00 bits per heavy atom. The van der Waals surface area contributed by atoms with Gasteiger partial charge in [-0.2, -0.15) is 0 Å². The van der Waals surface area contributed by atoms with Gasteiger partial charge in [0.15, 0.2) is 0 Å². The van der Waals surface area contributed by atoms with Crippen LogP contribution in [-0.2, 0) is 16.6 Å². The first kappa shape index (κ1) is 15.9. The van der Waals surface area contributed by atoms with E-state index in [9.17, 15) is 8.42 Å². The molecule has 20 heavy (non-hydrogen) atoms. The Kier molecular flexibility index (Phi) is 5.19. The smallest absolute Gasteiger partial charge is 0.254 e. The summed E-state index contributed by atoms with van der Waals surface area (Å²) in [5.41, 5.74) is 0. The van der Waals surface area contributed by atoms with Gasteiger partial charge in [-0.15, -0.1) is 16.2 Å². The molecule has 1 aliphatic heterocycles. The molecule has 0 amide bonds. The Labute approximate surface area is 125 Å². The van der Waals surface area contributed by atoms with Gasteiger partial charge in [0, 0.05) is 28.9 Å². The van der Waals surface area contributed by atoms with Crippen LogP contribution >= 0.6 is 11.3 Å². The highest BCUT2D eigenvalue weighted by atomic mass is 32.2. The predicted octanol–water partition coefficient (Wildman–Crippen LogP) is 1.92. The molecule has 1 fully saturated rings. The molecule has 1 saturated heterocycles. The normalized spacial score (nSPS) is 24.9. The minimum atomic E-state index is -3.46. The van der Waals surface area contributed by atoms with Gasteiger partial charge in [-0.1, -0.05) is 6.42 Å². The molecule has 1 aromatic rings. The lowest BCUT2D eigenvalue weighted by Gasteiger charge is -2.38.